The van der Waals surface area contributed by atoms with Crippen LogP contribution in [0.1, 0.15) is 28.1 Å². The van der Waals surface area contributed by atoms with Crippen LogP contribution in [0.2, 0.25) is 0 Å². The van der Waals surface area contributed by atoms with Crippen molar-refractivity contribution in [2.45, 2.75) is 34.1 Å². The number of hydrogen-bond donors (Lipinski definition) is 1. The second-order valence-corrected chi connectivity index (χ2v) is 8.06. The van der Waals surface area contributed by atoms with Gasteiger partial charge in [-0.25, -0.2) is 0 Å². The summed E-state index contributed by atoms with van der Waals surface area (Å²) in [6.45, 7) is 11.5. The van der Waals surface area contributed by atoms with E-state index in [-0.39, 0.29) is 11.8 Å². The molecule has 2 amide bonds. The molecule has 1 saturated heterocycles. The number of nitrogens with zero attached hydrogens (tertiary/aromatic N) is 3. The number of hydrogen-bond acceptors (Lipinski definition) is 6. The summed E-state index contributed by atoms with van der Waals surface area (Å²) in [5.41, 5.74) is 3.82. The third-order valence-electron chi connectivity index (χ3n) is 5.68. The molecule has 1 N–H and O–H groups in total. The topological polar surface area (TPSA) is 87.9 Å². The van der Waals surface area contributed by atoms with Crippen molar-refractivity contribution in [2.24, 2.45) is 0 Å². The first-order valence-corrected chi connectivity index (χ1v) is 10.7. The molecule has 8 heteroatoms. The number of para-hydroxylation sites is 1. The maximum Gasteiger partial charge on any atom is 0.234 e. The average molecular weight is 429 g/mol. The van der Waals surface area contributed by atoms with Crippen LogP contribution < -0.4 is 10.1 Å². The zero-order valence-corrected chi connectivity index (χ0v) is 18.9. The van der Waals surface area contributed by atoms with Crippen LogP contribution in [-0.2, 0) is 16.0 Å². The molecule has 1 aromatic carbocycles. The zero-order valence-electron chi connectivity index (χ0n) is 18.9. The Morgan fingerprint density at radius 1 is 1.10 bits per heavy atom. The molecule has 3 rings (SSSR count). The van der Waals surface area contributed by atoms with Crippen LogP contribution in [0.15, 0.2) is 22.7 Å². The number of amides is 2. The van der Waals surface area contributed by atoms with Crippen molar-refractivity contribution in [3.63, 3.8) is 0 Å². The molecule has 0 aliphatic carbocycles. The second kappa shape index (κ2) is 10.4. The molecule has 2 aromatic rings. The first-order chi connectivity index (χ1) is 14.8. The van der Waals surface area contributed by atoms with Gasteiger partial charge in [-0.3, -0.25) is 14.5 Å². The predicted octanol–water partition coefficient (Wildman–Crippen LogP) is 1.79. The van der Waals surface area contributed by atoms with E-state index in [0.29, 0.717) is 58.1 Å². The van der Waals surface area contributed by atoms with Gasteiger partial charge in [-0.05, 0) is 38.8 Å². The lowest BCUT2D eigenvalue weighted by atomic mass is 10.1. The molecule has 168 valence electrons. The van der Waals surface area contributed by atoms with Crippen LogP contribution in [0.4, 0.5) is 0 Å². The van der Waals surface area contributed by atoms with Crippen molar-refractivity contribution >= 4 is 11.8 Å². The average Bonchev–Trinajstić information content (AvgIpc) is 3.05. The van der Waals surface area contributed by atoms with E-state index in [0.717, 1.165) is 28.1 Å². The molecule has 0 spiro atoms. The van der Waals surface area contributed by atoms with Crippen LogP contribution in [-0.4, -0.2) is 72.6 Å². The maximum atomic E-state index is 12.6. The van der Waals surface area contributed by atoms with E-state index in [9.17, 15) is 9.59 Å². The van der Waals surface area contributed by atoms with Crippen molar-refractivity contribution in [1.82, 2.24) is 20.3 Å². The summed E-state index contributed by atoms with van der Waals surface area (Å²) in [7, 11) is 0. The number of rotatable bonds is 8. The van der Waals surface area contributed by atoms with Gasteiger partial charge < -0.3 is 19.5 Å². The number of piperazine rings is 1. The molecule has 1 aromatic heterocycles. The highest BCUT2D eigenvalue weighted by molar-refractivity contribution is 5.80. The van der Waals surface area contributed by atoms with E-state index < -0.39 is 0 Å². The van der Waals surface area contributed by atoms with Gasteiger partial charge in [-0.15, -0.1) is 0 Å². The molecule has 0 radical (unpaired) electrons. The second-order valence-electron chi connectivity index (χ2n) is 8.06. The standard InChI is InChI=1S/C23H32N4O4/c1-16-6-5-7-17(2)23(16)30-13-8-24-21(28)15-26-9-11-27(12-10-26)22(29)14-20-18(3)25-31-19(20)4/h5-7H,8-15H2,1-4H3,(H,24,28). The Labute approximate surface area is 183 Å². The largest absolute Gasteiger partial charge is 0.491 e. The molecule has 0 atom stereocenters. The minimum Gasteiger partial charge on any atom is -0.491 e. The molecule has 1 aliphatic heterocycles. The maximum absolute atomic E-state index is 12.6. The number of nitrogens with one attached hydrogen (secondary N) is 1. The van der Waals surface area contributed by atoms with Crippen molar-refractivity contribution < 1.29 is 18.8 Å². The summed E-state index contributed by atoms with van der Waals surface area (Å²) >= 11 is 0. The number of benzene rings is 1. The Morgan fingerprint density at radius 2 is 1.77 bits per heavy atom. The fourth-order valence-electron chi connectivity index (χ4n) is 3.80. The molecule has 2 heterocycles. The van der Waals surface area contributed by atoms with Gasteiger partial charge in [0.25, 0.3) is 0 Å². The first-order valence-electron chi connectivity index (χ1n) is 10.7. The molecule has 0 unspecified atom stereocenters. The number of aromatic nitrogens is 1. The van der Waals surface area contributed by atoms with Gasteiger partial charge in [-0.1, -0.05) is 23.4 Å². The molecular weight excluding hydrogens is 396 g/mol. The number of aryl methyl sites for hydroxylation is 4. The van der Waals surface area contributed by atoms with E-state index in [4.69, 9.17) is 9.26 Å². The molecule has 1 aliphatic rings. The van der Waals surface area contributed by atoms with E-state index in [1.165, 1.54) is 0 Å². The molecule has 0 saturated carbocycles. The third-order valence-corrected chi connectivity index (χ3v) is 5.68. The van der Waals surface area contributed by atoms with E-state index in [1.807, 2.05) is 50.8 Å². The van der Waals surface area contributed by atoms with Gasteiger partial charge in [0.05, 0.1) is 25.2 Å². The summed E-state index contributed by atoms with van der Waals surface area (Å²) in [5, 5.41) is 6.82. The van der Waals surface area contributed by atoms with Gasteiger partial charge >= 0.3 is 0 Å². The molecule has 1 fully saturated rings. The van der Waals surface area contributed by atoms with Gasteiger partial charge in [-0.2, -0.15) is 0 Å². The normalized spacial score (nSPS) is 14.5. The van der Waals surface area contributed by atoms with Crippen LogP contribution in [0.5, 0.6) is 5.75 Å². The smallest absolute Gasteiger partial charge is 0.234 e. The predicted molar refractivity (Wildman–Crippen MR) is 117 cm³/mol. The van der Waals surface area contributed by atoms with Crippen molar-refractivity contribution in [1.29, 1.82) is 0 Å². The Balaban J connectivity index is 1.35. The molecule has 0 bridgehead atoms. The summed E-state index contributed by atoms with van der Waals surface area (Å²) < 4.78 is 11.0. The minimum atomic E-state index is -0.0272. The summed E-state index contributed by atoms with van der Waals surface area (Å²) in [4.78, 5) is 28.8. The van der Waals surface area contributed by atoms with E-state index >= 15 is 0 Å². The van der Waals surface area contributed by atoms with Gasteiger partial charge in [0, 0.05) is 31.7 Å². The molecule has 31 heavy (non-hydrogen) atoms. The fraction of sp³-hybridized carbons (Fsp3) is 0.522. The van der Waals surface area contributed by atoms with Crippen LogP contribution >= 0.6 is 0 Å². The highest BCUT2D eigenvalue weighted by Crippen LogP contribution is 2.22. The summed E-state index contributed by atoms with van der Waals surface area (Å²) in [6, 6.07) is 6.03. The summed E-state index contributed by atoms with van der Waals surface area (Å²) in [6.07, 6.45) is 0.308. The molecular formula is C23H32N4O4. The van der Waals surface area contributed by atoms with Crippen molar-refractivity contribution in [2.75, 3.05) is 45.9 Å². The lowest BCUT2D eigenvalue weighted by molar-refractivity contribution is -0.132. The fourth-order valence-corrected chi connectivity index (χ4v) is 3.80. The zero-order chi connectivity index (χ0) is 22.4. The third kappa shape index (κ3) is 6.07. The monoisotopic (exact) mass is 428 g/mol. The lowest BCUT2D eigenvalue weighted by Crippen LogP contribution is -2.51. The van der Waals surface area contributed by atoms with Crippen molar-refractivity contribution in [3.8, 4) is 5.75 Å². The Hall–Kier alpha value is -2.87. The number of ether oxygens (including phenoxy) is 1. The van der Waals surface area contributed by atoms with Gasteiger partial charge in [0.15, 0.2) is 0 Å². The van der Waals surface area contributed by atoms with E-state index in [2.05, 4.69) is 15.4 Å². The van der Waals surface area contributed by atoms with E-state index in [1.54, 1.807) is 0 Å². The van der Waals surface area contributed by atoms with Crippen molar-refractivity contribution in [3.05, 3.63) is 46.3 Å². The highest BCUT2D eigenvalue weighted by Gasteiger charge is 2.24. The highest BCUT2D eigenvalue weighted by atomic mass is 16.5. The summed E-state index contributed by atoms with van der Waals surface area (Å²) in [5.74, 6) is 1.62. The number of carbonyl (C=O) groups excluding carboxylic acids is 2. The van der Waals surface area contributed by atoms with Crippen LogP contribution in [0, 0.1) is 27.7 Å². The first kappa shape index (κ1) is 22.8. The Kier molecular flexibility index (Phi) is 7.68. The quantitative estimate of drug-likeness (QED) is 0.645. The molecule has 8 nitrogen and oxygen atoms in total. The van der Waals surface area contributed by atoms with Crippen LogP contribution in [0.3, 0.4) is 0 Å². The van der Waals surface area contributed by atoms with Gasteiger partial charge in [0.1, 0.15) is 18.1 Å². The van der Waals surface area contributed by atoms with Gasteiger partial charge in [0.2, 0.25) is 11.8 Å². The minimum absolute atomic E-state index is 0.0272. The Morgan fingerprint density at radius 3 is 2.39 bits per heavy atom. The SMILES string of the molecule is Cc1cccc(C)c1OCCNC(=O)CN1CCN(C(=O)Cc2c(C)noc2C)CC1. The van der Waals surface area contributed by atoms with Crippen LogP contribution in [0.25, 0.3) is 0 Å². The number of carbonyl (C=O) groups is 2. The Bertz CT molecular complexity index is 877. The lowest BCUT2D eigenvalue weighted by Gasteiger charge is -2.34.